The van der Waals surface area contributed by atoms with Crippen LogP contribution in [0.2, 0.25) is 0 Å². The van der Waals surface area contributed by atoms with Gasteiger partial charge in [0.25, 0.3) is 0 Å². The molecule has 28 heavy (non-hydrogen) atoms. The van der Waals surface area contributed by atoms with Crippen LogP contribution < -0.4 is 0 Å². The molecule has 0 saturated carbocycles. The van der Waals surface area contributed by atoms with Gasteiger partial charge in [0.1, 0.15) is 0 Å². The summed E-state index contributed by atoms with van der Waals surface area (Å²) >= 11 is 6.84. The summed E-state index contributed by atoms with van der Waals surface area (Å²) in [7, 11) is -3.57. The third-order valence-electron chi connectivity index (χ3n) is 5.78. The largest absolute Gasteiger partial charge is 0.243 e. The SMILES string of the molecule is Cc1ccc(S(=O)(=O)N2C/C(=C(\Cl)c3ccccc3)C3(C=CCCC3)C2)cc1. The van der Waals surface area contributed by atoms with Gasteiger partial charge in [0.2, 0.25) is 10.0 Å². The molecular weight excluding hydrogens is 390 g/mol. The average Bonchev–Trinajstić information content (AvgIpc) is 3.08. The van der Waals surface area contributed by atoms with Crippen molar-refractivity contribution in [3.8, 4) is 0 Å². The standard InChI is InChI=1S/C23H24ClNO2S/c1-18-10-12-20(13-11-18)28(26,27)25-16-21(22(24)19-8-4-2-5-9-19)23(17-25)14-6-3-7-15-23/h2,4-6,8-14H,3,7,15-17H2,1H3/b22-21+. The third-order valence-corrected chi connectivity index (χ3v) is 8.03. The van der Waals surface area contributed by atoms with E-state index in [1.165, 1.54) is 0 Å². The first-order valence-electron chi connectivity index (χ1n) is 9.61. The Morgan fingerprint density at radius 3 is 2.43 bits per heavy atom. The van der Waals surface area contributed by atoms with Crippen LogP contribution in [0.1, 0.15) is 30.4 Å². The molecule has 0 radical (unpaired) electrons. The maximum absolute atomic E-state index is 13.3. The van der Waals surface area contributed by atoms with Crippen LogP contribution in [-0.4, -0.2) is 25.8 Å². The zero-order chi connectivity index (χ0) is 19.8. The van der Waals surface area contributed by atoms with Crippen LogP contribution in [-0.2, 0) is 10.0 Å². The fourth-order valence-electron chi connectivity index (χ4n) is 4.19. The van der Waals surface area contributed by atoms with Crippen LogP contribution in [0.4, 0.5) is 0 Å². The molecule has 2 aliphatic rings. The van der Waals surface area contributed by atoms with E-state index in [2.05, 4.69) is 12.2 Å². The van der Waals surface area contributed by atoms with Gasteiger partial charge < -0.3 is 0 Å². The number of sulfonamides is 1. The zero-order valence-electron chi connectivity index (χ0n) is 15.9. The summed E-state index contributed by atoms with van der Waals surface area (Å²) in [5.41, 5.74) is 2.67. The van der Waals surface area contributed by atoms with Gasteiger partial charge in [-0.25, -0.2) is 8.42 Å². The molecule has 1 saturated heterocycles. The van der Waals surface area contributed by atoms with Crippen LogP contribution >= 0.6 is 11.6 Å². The highest BCUT2D eigenvalue weighted by Gasteiger charge is 2.46. The van der Waals surface area contributed by atoms with E-state index in [9.17, 15) is 8.42 Å². The summed E-state index contributed by atoms with van der Waals surface area (Å²) in [6, 6.07) is 16.9. The summed E-state index contributed by atoms with van der Waals surface area (Å²) in [6.07, 6.45) is 7.34. The van der Waals surface area contributed by atoms with Crippen LogP contribution in [0.15, 0.2) is 77.2 Å². The quantitative estimate of drug-likeness (QED) is 0.634. The summed E-state index contributed by atoms with van der Waals surface area (Å²) < 4.78 is 28.2. The first-order chi connectivity index (χ1) is 13.4. The van der Waals surface area contributed by atoms with Gasteiger partial charge in [-0.2, -0.15) is 4.31 Å². The van der Waals surface area contributed by atoms with Crippen molar-refractivity contribution < 1.29 is 8.42 Å². The van der Waals surface area contributed by atoms with Gasteiger partial charge in [-0.05, 0) is 49.5 Å². The molecule has 1 fully saturated rings. The Morgan fingerprint density at radius 2 is 1.79 bits per heavy atom. The average molecular weight is 414 g/mol. The number of hydrogen-bond donors (Lipinski definition) is 0. The smallest absolute Gasteiger partial charge is 0.207 e. The summed E-state index contributed by atoms with van der Waals surface area (Å²) in [4.78, 5) is 0.338. The first-order valence-corrected chi connectivity index (χ1v) is 11.4. The van der Waals surface area contributed by atoms with Gasteiger partial charge in [-0.3, -0.25) is 0 Å². The van der Waals surface area contributed by atoms with E-state index in [-0.39, 0.29) is 5.41 Å². The number of halogens is 1. The molecule has 1 aliphatic carbocycles. The maximum atomic E-state index is 13.3. The van der Waals surface area contributed by atoms with Crippen molar-refractivity contribution in [3.05, 3.63) is 83.4 Å². The van der Waals surface area contributed by atoms with Crippen molar-refractivity contribution in [2.45, 2.75) is 31.1 Å². The minimum absolute atomic E-state index is 0.317. The molecule has 1 atom stereocenters. The molecule has 1 aliphatic heterocycles. The number of nitrogens with zero attached hydrogens (tertiary/aromatic N) is 1. The predicted molar refractivity (Wildman–Crippen MR) is 115 cm³/mol. The monoisotopic (exact) mass is 413 g/mol. The molecular formula is C23H24ClNO2S. The first kappa shape index (κ1) is 19.4. The number of aryl methyl sites for hydroxylation is 1. The van der Waals surface area contributed by atoms with Crippen LogP contribution in [0.3, 0.4) is 0 Å². The van der Waals surface area contributed by atoms with Crippen molar-refractivity contribution in [2.75, 3.05) is 13.1 Å². The molecule has 4 rings (SSSR count). The van der Waals surface area contributed by atoms with E-state index in [0.29, 0.717) is 23.0 Å². The second-order valence-electron chi connectivity index (χ2n) is 7.70. The highest BCUT2D eigenvalue weighted by Crippen LogP contribution is 2.49. The molecule has 5 heteroatoms. The Labute approximate surface area is 172 Å². The minimum Gasteiger partial charge on any atom is -0.207 e. The third kappa shape index (κ3) is 3.45. The summed E-state index contributed by atoms with van der Waals surface area (Å²) in [5, 5.41) is 0.675. The van der Waals surface area contributed by atoms with Gasteiger partial charge in [0, 0.05) is 23.5 Å². The lowest BCUT2D eigenvalue weighted by molar-refractivity contribution is 0.371. The lowest BCUT2D eigenvalue weighted by Crippen LogP contribution is -2.32. The highest BCUT2D eigenvalue weighted by atomic mass is 35.5. The molecule has 146 valence electrons. The van der Waals surface area contributed by atoms with E-state index in [0.717, 1.165) is 36.0 Å². The molecule has 3 nitrogen and oxygen atoms in total. The van der Waals surface area contributed by atoms with Gasteiger partial charge in [0.15, 0.2) is 0 Å². The predicted octanol–water partition coefficient (Wildman–Crippen LogP) is 5.38. The van der Waals surface area contributed by atoms with Gasteiger partial charge in [-0.15, -0.1) is 0 Å². The minimum atomic E-state index is -3.57. The highest BCUT2D eigenvalue weighted by molar-refractivity contribution is 7.89. The van der Waals surface area contributed by atoms with E-state index < -0.39 is 10.0 Å². The second kappa shape index (κ2) is 7.51. The van der Waals surface area contributed by atoms with Crippen molar-refractivity contribution in [1.29, 1.82) is 0 Å². The number of allylic oxidation sites excluding steroid dienone is 1. The topological polar surface area (TPSA) is 37.4 Å². The van der Waals surface area contributed by atoms with Crippen molar-refractivity contribution in [3.63, 3.8) is 0 Å². The van der Waals surface area contributed by atoms with E-state index in [1.807, 2.05) is 49.4 Å². The Balaban J connectivity index is 1.78. The Kier molecular flexibility index (Phi) is 5.21. The van der Waals surface area contributed by atoms with Crippen LogP contribution in [0, 0.1) is 12.3 Å². The van der Waals surface area contributed by atoms with Crippen molar-refractivity contribution in [1.82, 2.24) is 4.31 Å². The Bertz CT molecular complexity index is 1030. The van der Waals surface area contributed by atoms with Gasteiger partial charge in [0.05, 0.1) is 4.90 Å². The molecule has 0 aromatic heterocycles. The van der Waals surface area contributed by atoms with Crippen molar-refractivity contribution >= 4 is 26.7 Å². The van der Waals surface area contributed by atoms with Crippen LogP contribution in [0.25, 0.3) is 5.03 Å². The van der Waals surface area contributed by atoms with E-state index in [4.69, 9.17) is 11.6 Å². The fraction of sp³-hybridized carbons (Fsp3) is 0.304. The Hall–Kier alpha value is -1.88. The van der Waals surface area contributed by atoms with Crippen LogP contribution in [0.5, 0.6) is 0 Å². The molecule has 0 N–H and O–H groups in total. The van der Waals surface area contributed by atoms with E-state index in [1.54, 1.807) is 16.4 Å². The molecule has 1 unspecified atom stereocenters. The number of rotatable bonds is 3. The normalized spacial score (nSPS) is 24.6. The van der Waals surface area contributed by atoms with Crippen molar-refractivity contribution in [2.24, 2.45) is 5.41 Å². The molecule has 2 aromatic carbocycles. The lowest BCUT2D eigenvalue weighted by atomic mass is 9.74. The van der Waals surface area contributed by atoms with Gasteiger partial charge in [-0.1, -0.05) is 71.8 Å². The Morgan fingerprint density at radius 1 is 1.07 bits per heavy atom. The molecule has 1 heterocycles. The molecule has 0 bridgehead atoms. The van der Waals surface area contributed by atoms with Gasteiger partial charge >= 0.3 is 0 Å². The molecule has 2 aromatic rings. The summed E-state index contributed by atoms with van der Waals surface area (Å²) in [6.45, 7) is 2.72. The fourth-order valence-corrected chi connectivity index (χ4v) is 6.04. The lowest BCUT2D eigenvalue weighted by Gasteiger charge is -2.31. The second-order valence-corrected chi connectivity index (χ2v) is 10.0. The summed E-state index contributed by atoms with van der Waals surface area (Å²) in [5.74, 6) is 0. The zero-order valence-corrected chi connectivity index (χ0v) is 17.5. The molecule has 1 spiro atoms. The number of hydrogen-bond acceptors (Lipinski definition) is 2. The van der Waals surface area contributed by atoms with E-state index >= 15 is 0 Å². The molecule has 0 amide bonds. The number of benzene rings is 2. The maximum Gasteiger partial charge on any atom is 0.243 e.